The van der Waals surface area contributed by atoms with Crippen molar-refractivity contribution in [3.63, 3.8) is 0 Å². The second kappa shape index (κ2) is 4.67. The SMILES string of the molecule is O=C(Cl)OCc1ccc(I)cc1. The number of hydrogen-bond donors (Lipinski definition) is 0. The first-order valence-corrected chi connectivity index (χ1v) is 4.71. The van der Waals surface area contributed by atoms with Crippen molar-refractivity contribution in [2.75, 3.05) is 0 Å². The Morgan fingerprint density at radius 1 is 1.42 bits per heavy atom. The maximum absolute atomic E-state index is 10.2. The maximum atomic E-state index is 10.2. The van der Waals surface area contributed by atoms with Gasteiger partial charge >= 0.3 is 5.43 Å². The molecule has 0 amide bonds. The first-order chi connectivity index (χ1) is 5.68. The highest BCUT2D eigenvalue weighted by Crippen LogP contribution is 2.08. The molecule has 0 aliphatic carbocycles. The quantitative estimate of drug-likeness (QED) is 0.619. The lowest BCUT2D eigenvalue weighted by molar-refractivity contribution is 0.167. The molecular formula is C8H6ClIO2. The van der Waals surface area contributed by atoms with Crippen LogP contribution in [0.5, 0.6) is 0 Å². The predicted octanol–water partition coefficient (Wildman–Crippen LogP) is 3.17. The summed E-state index contributed by atoms with van der Waals surface area (Å²) in [6.07, 6.45) is 0. The topological polar surface area (TPSA) is 26.3 Å². The molecule has 0 aliphatic rings. The first-order valence-electron chi connectivity index (χ1n) is 3.25. The van der Waals surface area contributed by atoms with Crippen LogP contribution >= 0.6 is 34.2 Å². The lowest BCUT2D eigenvalue weighted by Gasteiger charge is -1.99. The molecule has 0 aromatic heterocycles. The third-order valence-corrected chi connectivity index (χ3v) is 2.09. The molecule has 0 saturated heterocycles. The Morgan fingerprint density at radius 3 is 2.50 bits per heavy atom. The molecule has 1 aromatic rings. The Bertz CT molecular complexity index is 271. The summed E-state index contributed by atoms with van der Waals surface area (Å²) in [7, 11) is 0. The van der Waals surface area contributed by atoms with Crippen molar-refractivity contribution in [2.45, 2.75) is 6.61 Å². The average Bonchev–Trinajstić information content (AvgIpc) is 2.03. The summed E-state index contributed by atoms with van der Waals surface area (Å²) < 4.78 is 5.74. The van der Waals surface area contributed by atoms with Crippen LogP contribution in [-0.2, 0) is 11.3 Å². The maximum Gasteiger partial charge on any atom is 0.404 e. The summed E-state index contributed by atoms with van der Waals surface area (Å²) in [4.78, 5) is 10.2. The highest BCUT2D eigenvalue weighted by Gasteiger charge is 1.96. The first kappa shape index (κ1) is 9.80. The molecule has 4 heteroatoms. The van der Waals surface area contributed by atoms with Gasteiger partial charge in [-0.05, 0) is 40.3 Å². The van der Waals surface area contributed by atoms with Gasteiger partial charge < -0.3 is 4.74 Å². The van der Waals surface area contributed by atoms with E-state index in [-0.39, 0.29) is 6.61 Å². The minimum Gasteiger partial charge on any atom is -0.449 e. The van der Waals surface area contributed by atoms with Gasteiger partial charge in [0.05, 0.1) is 0 Å². The molecule has 0 heterocycles. The molecule has 1 aromatic carbocycles. The predicted molar refractivity (Wildman–Crippen MR) is 55.2 cm³/mol. The zero-order chi connectivity index (χ0) is 8.97. The largest absolute Gasteiger partial charge is 0.449 e. The van der Waals surface area contributed by atoms with Gasteiger partial charge in [-0.2, -0.15) is 0 Å². The van der Waals surface area contributed by atoms with Gasteiger partial charge in [0.1, 0.15) is 6.61 Å². The van der Waals surface area contributed by atoms with Crippen molar-refractivity contribution >= 4 is 39.6 Å². The number of carbonyl (C=O) groups is 1. The van der Waals surface area contributed by atoms with Gasteiger partial charge in [0.15, 0.2) is 0 Å². The van der Waals surface area contributed by atoms with Crippen LogP contribution in [0.3, 0.4) is 0 Å². The van der Waals surface area contributed by atoms with E-state index in [1.807, 2.05) is 24.3 Å². The lowest BCUT2D eigenvalue weighted by Crippen LogP contribution is -1.94. The summed E-state index contributed by atoms with van der Waals surface area (Å²) >= 11 is 7.20. The third kappa shape index (κ3) is 3.40. The Labute approximate surface area is 89.0 Å². The van der Waals surface area contributed by atoms with Gasteiger partial charge in [0.2, 0.25) is 0 Å². The minimum atomic E-state index is -0.770. The van der Waals surface area contributed by atoms with Crippen molar-refractivity contribution in [3.05, 3.63) is 33.4 Å². The van der Waals surface area contributed by atoms with E-state index in [1.165, 1.54) is 0 Å². The summed E-state index contributed by atoms with van der Waals surface area (Å²) in [6.45, 7) is 0.235. The fraction of sp³-hybridized carbons (Fsp3) is 0.125. The zero-order valence-corrected chi connectivity index (χ0v) is 9.00. The van der Waals surface area contributed by atoms with Crippen molar-refractivity contribution < 1.29 is 9.53 Å². The molecule has 0 unspecified atom stereocenters. The molecule has 0 spiro atoms. The average molecular weight is 296 g/mol. The van der Waals surface area contributed by atoms with E-state index >= 15 is 0 Å². The van der Waals surface area contributed by atoms with Gasteiger partial charge in [-0.15, -0.1) is 0 Å². The Morgan fingerprint density at radius 2 is 2.00 bits per heavy atom. The molecule has 0 fully saturated rings. The molecule has 2 nitrogen and oxygen atoms in total. The van der Waals surface area contributed by atoms with Crippen LogP contribution in [0.4, 0.5) is 4.79 Å². The number of rotatable bonds is 2. The van der Waals surface area contributed by atoms with E-state index in [0.29, 0.717) is 0 Å². The standard InChI is InChI=1S/C8H6ClIO2/c9-8(11)12-5-6-1-3-7(10)4-2-6/h1-4H,5H2. The molecule has 0 saturated carbocycles. The summed E-state index contributed by atoms with van der Waals surface area (Å²) in [5, 5.41) is 0. The van der Waals surface area contributed by atoms with E-state index < -0.39 is 5.43 Å². The highest BCUT2D eigenvalue weighted by atomic mass is 127. The molecule has 1 rings (SSSR count). The van der Waals surface area contributed by atoms with Gasteiger partial charge in [-0.3, -0.25) is 0 Å². The van der Waals surface area contributed by atoms with E-state index in [2.05, 4.69) is 27.3 Å². The number of benzene rings is 1. The van der Waals surface area contributed by atoms with Crippen LogP contribution < -0.4 is 0 Å². The Hall–Kier alpha value is -0.290. The second-order valence-corrected chi connectivity index (χ2v) is 3.71. The fourth-order valence-electron chi connectivity index (χ4n) is 0.721. The monoisotopic (exact) mass is 296 g/mol. The van der Waals surface area contributed by atoms with Crippen LogP contribution in [0.15, 0.2) is 24.3 Å². The second-order valence-electron chi connectivity index (χ2n) is 2.15. The highest BCUT2D eigenvalue weighted by molar-refractivity contribution is 14.1. The molecular weight excluding hydrogens is 290 g/mol. The summed E-state index contributed by atoms with van der Waals surface area (Å²) in [5.41, 5.74) is 0.165. The molecule has 12 heavy (non-hydrogen) atoms. The van der Waals surface area contributed by atoms with Gasteiger partial charge in [-0.25, -0.2) is 4.79 Å². The molecule has 0 radical (unpaired) electrons. The van der Waals surface area contributed by atoms with E-state index in [0.717, 1.165) is 9.13 Å². The number of halogens is 2. The van der Waals surface area contributed by atoms with Crippen molar-refractivity contribution in [1.29, 1.82) is 0 Å². The Balaban J connectivity index is 2.53. The summed E-state index contributed by atoms with van der Waals surface area (Å²) in [6, 6.07) is 7.67. The van der Waals surface area contributed by atoms with Crippen LogP contribution in [0.1, 0.15) is 5.56 Å². The van der Waals surface area contributed by atoms with Crippen molar-refractivity contribution in [3.8, 4) is 0 Å². The van der Waals surface area contributed by atoms with Crippen LogP contribution in [0.25, 0.3) is 0 Å². The van der Waals surface area contributed by atoms with Crippen molar-refractivity contribution in [1.82, 2.24) is 0 Å². The smallest absolute Gasteiger partial charge is 0.404 e. The number of carbonyl (C=O) groups excluding carboxylic acids is 1. The summed E-state index contributed by atoms with van der Waals surface area (Å²) in [5.74, 6) is 0. The number of ether oxygens (including phenoxy) is 1. The molecule has 0 bridgehead atoms. The van der Waals surface area contributed by atoms with Gasteiger partial charge in [0, 0.05) is 15.2 Å². The van der Waals surface area contributed by atoms with Crippen LogP contribution in [0, 0.1) is 3.57 Å². The fourth-order valence-corrected chi connectivity index (χ4v) is 1.13. The molecule has 0 atom stereocenters. The molecule has 64 valence electrons. The number of hydrogen-bond acceptors (Lipinski definition) is 2. The van der Waals surface area contributed by atoms with E-state index in [9.17, 15) is 4.79 Å². The third-order valence-electron chi connectivity index (χ3n) is 1.27. The van der Waals surface area contributed by atoms with Gasteiger partial charge in [-0.1, -0.05) is 12.1 Å². The normalized spacial score (nSPS) is 9.50. The molecule has 0 N–H and O–H groups in total. The van der Waals surface area contributed by atoms with Gasteiger partial charge in [0.25, 0.3) is 0 Å². The van der Waals surface area contributed by atoms with Crippen LogP contribution in [0.2, 0.25) is 0 Å². The molecule has 0 aliphatic heterocycles. The zero-order valence-electron chi connectivity index (χ0n) is 6.09. The van der Waals surface area contributed by atoms with Crippen LogP contribution in [-0.4, -0.2) is 5.43 Å². The lowest BCUT2D eigenvalue weighted by atomic mass is 10.2. The Kier molecular flexibility index (Phi) is 3.81. The van der Waals surface area contributed by atoms with E-state index in [4.69, 9.17) is 11.6 Å². The minimum absolute atomic E-state index is 0.235. The van der Waals surface area contributed by atoms with Crippen molar-refractivity contribution in [2.24, 2.45) is 0 Å². The van der Waals surface area contributed by atoms with E-state index in [1.54, 1.807) is 0 Å².